The Labute approximate surface area is 197 Å². The molecular formula is C20H16Cl2N6OS2. The van der Waals surface area contributed by atoms with Gasteiger partial charge in [-0.25, -0.2) is 4.98 Å². The highest BCUT2D eigenvalue weighted by atomic mass is 35.5. The lowest BCUT2D eigenvalue weighted by atomic mass is 10.2. The number of carbonyl (C=O) groups excluding carboxylic acids is 1. The number of thiazole rings is 1. The largest absolute Gasteiger partial charge is 0.292 e. The fraction of sp³-hybridized carbons (Fsp3) is 0.150. The highest BCUT2D eigenvalue weighted by Gasteiger charge is 2.18. The Bertz CT molecular complexity index is 1230. The van der Waals surface area contributed by atoms with Crippen LogP contribution in [0.15, 0.2) is 53.3 Å². The molecule has 0 fully saturated rings. The zero-order chi connectivity index (χ0) is 22.0. The van der Waals surface area contributed by atoms with Gasteiger partial charge in [0, 0.05) is 43.1 Å². The van der Waals surface area contributed by atoms with Crippen LogP contribution in [0.2, 0.25) is 10.0 Å². The van der Waals surface area contributed by atoms with Crippen molar-refractivity contribution in [2.24, 2.45) is 0 Å². The molecule has 31 heavy (non-hydrogen) atoms. The van der Waals surface area contributed by atoms with Gasteiger partial charge in [0.25, 0.3) is 0 Å². The van der Waals surface area contributed by atoms with E-state index < -0.39 is 0 Å². The molecular weight excluding hydrogens is 475 g/mol. The number of hydrogen-bond donors (Lipinski definition) is 0. The normalized spacial score (nSPS) is 11.0. The Morgan fingerprint density at radius 2 is 2.06 bits per heavy atom. The van der Waals surface area contributed by atoms with E-state index in [1.54, 1.807) is 31.6 Å². The maximum absolute atomic E-state index is 11.6. The lowest BCUT2D eigenvalue weighted by Crippen LogP contribution is -2.22. The fourth-order valence-corrected chi connectivity index (χ4v) is 4.77. The van der Waals surface area contributed by atoms with E-state index in [4.69, 9.17) is 23.2 Å². The van der Waals surface area contributed by atoms with Crippen molar-refractivity contribution in [3.63, 3.8) is 0 Å². The Balaban J connectivity index is 1.67. The van der Waals surface area contributed by atoms with Gasteiger partial charge in [-0.15, -0.1) is 21.5 Å². The van der Waals surface area contributed by atoms with Crippen LogP contribution in [0.5, 0.6) is 0 Å². The van der Waals surface area contributed by atoms with Crippen LogP contribution in [-0.4, -0.2) is 37.7 Å². The predicted octanol–water partition coefficient (Wildman–Crippen LogP) is 5.37. The summed E-state index contributed by atoms with van der Waals surface area (Å²) in [5.74, 6) is 1.15. The van der Waals surface area contributed by atoms with Gasteiger partial charge in [-0.05, 0) is 30.3 Å². The van der Waals surface area contributed by atoms with Crippen molar-refractivity contribution in [2.75, 3.05) is 11.9 Å². The first-order valence-electron chi connectivity index (χ1n) is 9.07. The zero-order valence-corrected chi connectivity index (χ0v) is 19.6. The minimum Gasteiger partial charge on any atom is -0.292 e. The lowest BCUT2D eigenvalue weighted by molar-refractivity contribution is -0.116. The van der Waals surface area contributed by atoms with Crippen molar-refractivity contribution < 1.29 is 4.79 Å². The molecule has 0 radical (unpaired) electrons. The second-order valence-corrected chi connectivity index (χ2v) is 9.06. The smallest absolute Gasteiger partial charge is 0.225 e. The quantitative estimate of drug-likeness (QED) is 0.338. The van der Waals surface area contributed by atoms with Gasteiger partial charge < -0.3 is 0 Å². The highest BCUT2D eigenvalue weighted by molar-refractivity contribution is 7.98. The van der Waals surface area contributed by atoms with E-state index in [9.17, 15) is 4.79 Å². The molecule has 3 heterocycles. The summed E-state index contributed by atoms with van der Waals surface area (Å²) in [4.78, 5) is 21.8. The number of aromatic nitrogens is 5. The second-order valence-electron chi connectivity index (χ2n) is 6.47. The molecule has 0 unspecified atom stereocenters. The lowest BCUT2D eigenvalue weighted by Gasteiger charge is -2.11. The van der Waals surface area contributed by atoms with Gasteiger partial charge in [0.05, 0.1) is 21.4 Å². The molecule has 0 aliphatic carbocycles. The molecule has 11 heteroatoms. The molecule has 1 amide bonds. The number of anilines is 1. The van der Waals surface area contributed by atoms with E-state index >= 15 is 0 Å². The molecule has 0 saturated heterocycles. The average molecular weight is 491 g/mol. The van der Waals surface area contributed by atoms with E-state index in [-0.39, 0.29) is 5.91 Å². The number of halogens is 2. The van der Waals surface area contributed by atoms with E-state index in [1.165, 1.54) is 34.9 Å². The molecule has 0 N–H and O–H groups in total. The first kappa shape index (κ1) is 21.8. The minimum absolute atomic E-state index is 0.0611. The third kappa shape index (κ3) is 4.74. The Morgan fingerprint density at radius 3 is 2.77 bits per heavy atom. The van der Waals surface area contributed by atoms with Crippen molar-refractivity contribution in [3.8, 4) is 17.1 Å². The van der Waals surface area contributed by atoms with Gasteiger partial charge in [-0.1, -0.05) is 35.0 Å². The van der Waals surface area contributed by atoms with Crippen molar-refractivity contribution >= 4 is 57.3 Å². The molecule has 0 aliphatic heterocycles. The number of amides is 1. The Kier molecular flexibility index (Phi) is 6.57. The SMILES string of the molecule is CC(=O)N(C)c1nc(CSc2nnc(-c3cccnc3)n2-c2ccc(Cl)c(Cl)c2)cs1. The molecule has 7 nitrogen and oxygen atoms in total. The van der Waals surface area contributed by atoms with Gasteiger partial charge in [-0.3, -0.25) is 19.2 Å². The standard InChI is InChI=1S/C20H16Cl2N6OS2/c1-12(29)27(2)19-24-14(10-30-19)11-31-20-26-25-18(13-4-3-7-23-9-13)28(20)15-5-6-16(21)17(22)8-15/h3-10H,11H2,1-2H3. The fourth-order valence-electron chi connectivity index (χ4n) is 2.69. The number of hydrogen-bond acceptors (Lipinski definition) is 7. The monoisotopic (exact) mass is 490 g/mol. The molecule has 0 aliphatic rings. The molecule has 0 bridgehead atoms. The first-order valence-corrected chi connectivity index (χ1v) is 11.7. The van der Waals surface area contributed by atoms with Crippen molar-refractivity contribution in [1.29, 1.82) is 0 Å². The third-order valence-corrected chi connectivity index (χ3v) is 7.03. The summed E-state index contributed by atoms with van der Waals surface area (Å²) >= 11 is 15.3. The summed E-state index contributed by atoms with van der Waals surface area (Å²) in [6.07, 6.45) is 3.44. The Hall–Kier alpha value is -2.46. The van der Waals surface area contributed by atoms with Crippen LogP contribution in [0.3, 0.4) is 0 Å². The van der Waals surface area contributed by atoms with Crippen LogP contribution in [0, 0.1) is 0 Å². The number of carbonyl (C=O) groups is 1. The molecule has 0 spiro atoms. The molecule has 0 saturated carbocycles. The Morgan fingerprint density at radius 1 is 1.23 bits per heavy atom. The van der Waals surface area contributed by atoms with Crippen LogP contribution in [0.1, 0.15) is 12.6 Å². The summed E-state index contributed by atoms with van der Waals surface area (Å²) in [5.41, 5.74) is 2.47. The zero-order valence-electron chi connectivity index (χ0n) is 16.5. The van der Waals surface area contributed by atoms with Gasteiger partial charge in [0.15, 0.2) is 16.1 Å². The summed E-state index contributed by atoms with van der Waals surface area (Å²) < 4.78 is 1.92. The van der Waals surface area contributed by atoms with E-state index in [0.717, 1.165) is 16.9 Å². The topological polar surface area (TPSA) is 76.8 Å². The maximum atomic E-state index is 11.6. The van der Waals surface area contributed by atoms with Gasteiger partial charge >= 0.3 is 0 Å². The number of benzene rings is 1. The minimum atomic E-state index is -0.0611. The summed E-state index contributed by atoms with van der Waals surface area (Å²) in [6.45, 7) is 1.51. The van der Waals surface area contributed by atoms with Crippen LogP contribution < -0.4 is 4.90 Å². The van der Waals surface area contributed by atoms with Crippen LogP contribution in [-0.2, 0) is 10.5 Å². The van der Waals surface area contributed by atoms with Crippen LogP contribution in [0.4, 0.5) is 5.13 Å². The third-order valence-electron chi connectivity index (χ3n) is 4.36. The first-order chi connectivity index (χ1) is 14.9. The van der Waals surface area contributed by atoms with E-state index in [1.807, 2.05) is 28.1 Å². The molecule has 158 valence electrons. The summed E-state index contributed by atoms with van der Waals surface area (Å²) in [7, 11) is 1.71. The van der Waals surface area contributed by atoms with Crippen LogP contribution >= 0.6 is 46.3 Å². The molecule has 4 aromatic rings. The molecule has 0 atom stereocenters. The number of rotatable bonds is 6. The highest BCUT2D eigenvalue weighted by Crippen LogP contribution is 2.33. The number of nitrogens with zero attached hydrogens (tertiary/aromatic N) is 6. The number of pyridine rings is 1. The summed E-state index contributed by atoms with van der Waals surface area (Å²) in [5, 5.41) is 13.0. The number of thioether (sulfide) groups is 1. The average Bonchev–Trinajstić information content (AvgIpc) is 3.41. The van der Waals surface area contributed by atoms with Crippen molar-refractivity contribution in [1.82, 2.24) is 24.7 Å². The van der Waals surface area contributed by atoms with Gasteiger partial charge in [-0.2, -0.15) is 0 Å². The summed E-state index contributed by atoms with van der Waals surface area (Å²) in [6, 6.07) is 9.15. The van der Waals surface area contributed by atoms with Crippen LogP contribution in [0.25, 0.3) is 17.1 Å². The van der Waals surface area contributed by atoms with E-state index in [2.05, 4.69) is 20.2 Å². The van der Waals surface area contributed by atoms with Gasteiger partial charge in [0.2, 0.25) is 5.91 Å². The van der Waals surface area contributed by atoms with E-state index in [0.29, 0.717) is 31.9 Å². The molecule has 1 aromatic carbocycles. The van der Waals surface area contributed by atoms with Gasteiger partial charge in [0.1, 0.15) is 0 Å². The van der Waals surface area contributed by atoms with Crippen molar-refractivity contribution in [2.45, 2.75) is 17.8 Å². The predicted molar refractivity (Wildman–Crippen MR) is 125 cm³/mol. The molecule has 4 rings (SSSR count). The molecule has 3 aromatic heterocycles. The maximum Gasteiger partial charge on any atom is 0.225 e. The van der Waals surface area contributed by atoms with Crippen molar-refractivity contribution in [3.05, 3.63) is 63.8 Å². The second kappa shape index (κ2) is 9.35.